The van der Waals surface area contributed by atoms with Crippen molar-refractivity contribution in [2.75, 3.05) is 23.8 Å². The highest BCUT2D eigenvalue weighted by molar-refractivity contribution is 6.02. The summed E-state index contributed by atoms with van der Waals surface area (Å²) in [6.07, 6.45) is 0. The van der Waals surface area contributed by atoms with E-state index in [0.29, 0.717) is 0 Å². The SMILES string of the molecule is CCN(C)c1ccc2c(c1)NC(=O)C2N. The molecule has 1 heterocycles. The Hall–Kier alpha value is -1.55. The number of amides is 1. The van der Waals surface area contributed by atoms with Gasteiger partial charge in [-0.2, -0.15) is 0 Å². The van der Waals surface area contributed by atoms with Crippen LogP contribution in [0.3, 0.4) is 0 Å². The summed E-state index contributed by atoms with van der Waals surface area (Å²) in [4.78, 5) is 13.4. The first-order valence-electron chi connectivity index (χ1n) is 5.05. The van der Waals surface area contributed by atoms with Crippen LogP contribution in [-0.2, 0) is 4.79 Å². The van der Waals surface area contributed by atoms with E-state index in [1.807, 2.05) is 25.2 Å². The van der Waals surface area contributed by atoms with Crippen molar-refractivity contribution in [3.8, 4) is 0 Å². The van der Waals surface area contributed by atoms with Crippen LogP contribution >= 0.6 is 0 Å². The van der Waals surface area contributed by atoms with Crippen LogP contribution < -0.4 is 16.0 Å². The Balaban J connectivity index is 2.37. The van der Waals surface area contributed by atoms with Gasteiger partial charge >= 0.3 is 0 Å². The Morgan fingerprint density at radius 2 is 2.27 bits per heavy atom. The van der Waals surface area contributed by atoms with Gasteiger partial charge in [0.25, 0.3) is 0 Å². The first kappa shape index (κ1) is 9.98. The highest BCUT2D eigenvalue weighted by atomic mass is 16.2. The van der Waals surface area contributed by atoms with Crippen molar-refractivity contribution in [3.05, 3.63) is 23.8 Å². The second kappa shape index (κ2) is 3.55. The summed E-state index contributed by atoms with van der Waals surface area (Å²) >= 11 is 0. The minimum Gasteiger partial charge on any atom is -0.375 e. The molecule has 0 aromatic heterocycles. The molecule has 0 fully saturated rings. The third kappa shape index (κ3) is 1.57. The fraction of sp³-hybridized carbons (Fsp3) is 0.364. The number of carbonyl (C=O) groups excluding carboxylic acids is 1. The number of fused-ring (bicyclic) bond motifs is 1. The smallest absolute Gasteiger partial charge is 0.245 e. The van der Waals surface area contributed by atoms with Gasteiger partial charge in [-0.05, 0) is 19.1 Å². The van der Waals surface area contributed by atoms with Gasteiger partial charge in [0.15, 0.2) is 0 Å². The van der Waals surface area contributed by atoms with E-state index in [2.05, 4.69) is 17.1 Å². The Morgan fingerprint density at radius 3 is 2.93 bits per heavy atom. The van der Waals surface area contributed by atoms with Crippen LogP contribution in [0, 0.1) is 0 Å². The van der Waals surface area contributed by atoms with Crippen LogP contribution in [0.15, 0.2) is 18.2 Å². The molecule has 0 spiro atoms. The fourth-order valence-corrected chi connectivity index (χ4v) is 1.70. The number of rotatable bonds is 2. The van der Waals surface area contributed by atoms with Crippen molar-refractivity contribution in [3.63, 3.8) is 0 Å². The normalized spacial score (nSPS) is 18.6. The van der Waals surface area contributed by atoms with Crippen LogP contribution in [0.4, 0.5) is 11.4 Å². The number of carbonyl (C=O) groups is 1. The van der Waals surface area contributed by atoms with Crippen LogP contribution in [0.2, 0.25) is 0 Å². The lowest BCUT2D eigenvalue weighted by molar-refractivity contribution is -0.116. The van der Waals surface area contributed by atoms with Gasteiger partial charge in [-0.3, -0.25) is 4.79 Å². The van der Waals surface area contributed by atoms with E-state index in [1.54, 1.807) is 0 Å². The zero-order valence-electron chi connectivity index (χ0n) is 8.95. The summed E-state index contributed by atoms with van der Waals surface area (Å²) < 4.78 is 0. The Bertz CT molecular complexity index is 403. The highest BCUT2D eigenvalue weighted by Gasteiger charge is 2.27. The quantitative estimate of drug-likeness (QED) is 0.760. The van der Waals surface area contributed by atoms with Gasteiger partial charge in [-0.25, -0.2) is 0 Å². The molecule has 0 saturated heterocycles. The van der Waals surface area contributed by atoms with Crippen molar-refractivity contribution in [1.82, 2.24) is 0 Å². The van der Waals surface area contributed by atoms with E-state index in [4.69, 9.17) is 5.73 Å². The van der Waals surface area contributed by atoms with Crippen LogP contribution in [0.25, 0.3) is 0 Å². The van der Waals surface area contributed by atoms with Gasteiger partial charge in [-0.1, -0.05) is 6.07 Å². The number of hydrogen-bond acceptors (Lipinski definition) is 3. The molecule has 0 bridgehead atoms. The molecule has 3 N–H and O–H groups in total. The predicted molar refractivity (Wildman–Crippen MR) is 60.9 cm³/mol. The molecule has 0 aliphatic carbocycles. The average molecular weight is 205 g/mol. The highest BCUT2D eigenvalue weighted by Crippen LogP contribution is 2.32. The summed E-state index contributed by atoms with van der Waals surface area (Å²) in [6, 6.07) is 5.35. The predicted octanol–water partition coefficient (Wildman–Crippen LogP) is 1.09. The molecule has 1 aromatic carbocycles. The van der Waals surface area contributed by atoms with Crippen molar-refractivity contribution in [1.29, 1.82) is 0 Å². The van der Waals surface area contributed by atoms with Crippen molar-refractivity contribution in [2.24, 2.45) is 5.73 Å². The molecule has 15 heavy (non-hydrogen) atoms. The number of nitrogens with zero attached hydrogens (tertiary/aromatic N) is 1. The standard InChI is InChI=1S/C11H15N3O/c1-3-14(2)7-4-5-8-9(6-7)13-11(15)10(8)12/h4-6,10H,3,12H2,1-2H3,(H,13,15). The minimum absolute atomic E-state index is 0.124. The fourth-order valence-electron chi connectivity index (χ4n) is 1.70. The number of nitrogens with one attached hydrogen (secondary N) is 1. The average Bonchev–Trinajstić information content (AvgIpc) is 2.53. The molecule has 1 aliphatic rings. The molecule has 1 atom stereocenters. The van der Waals surface area contributed by atoms with Gasteiger partial charge in [0.05, 0.1) is 0 Å². The van der Waals surface area contributed by atoms with Crippen LogP contribution in [-0.4, -0.2) is 19.5 Å². The zero-order chi connectivity index (χ0) is 11.0. The molecule has 1 unspecified atom stereocenters. The molecular weight excluding hydrogens is 190 g/mol. The van der Waals surface area contributed by atoms with E-state index in [1.165, 1.54) is 0 Å². The monoisotopic (exact) mass is 205 g/mol. The third-order valence-corrected chi connectivity index (χ3v) is 2.83. The first-order valence-corrected chi connectivity index (χ1v) is 5.05. The Morgan fingerprint density at radius 1 is 1.53 bits per heavy atom. The third-order valence-electron chi connectivity index (χ3n) is 2.83. The maximum atomic E-state index is 11.3. The lowest BCUT2D eigenvalue weighted by Gasteiger charge is -2.17. The number of hydrogen-bond donors (Lipinski definition) is 2. The molecule has 1 aromatic rings. The van der Waals surface area contributed by atoms with Gasteiger partial charge in [-0.15, -0.1) is 0 Å². The van der Waals surface area contributed by atoms with Crippen LogP contribution in [0.5, 0.6) is 0 Å². The molecule has 0 radical (unpaired) electrons. The summed E-state index contributed by atoms with van der Waals surface area (Å²) in [7, 11) is 2.01. The second-order valence-corrected chi connectivity index (χ2v) is 3.75. The lowest BCUT2D eigenvalue weighted by atomic mass is 10.1. The number of anilines is 2. The van der Waals surface area contributed by atoms with E-state index in [-0.39, 0.29) is 5.91 Å². The van der Waals surface area contributed by atoms with Crippen molar-refractivity contribution >= 4 is 17.3 Å². The summed E-state index contributed by atoms with van der Waals surface area (Å²) in [5.74, 6) is -0.124. The second-order valence-electron chi connectivity index (χ2n) is 3.75. The van der Waals surface area contributed by atoms with E-state index in [9.17, 15) is 4.79 Å². The molecule has 80 valence electrons. The van der Waals surface area contributed by atoms with Crippen molar-refractivity contribution in [2.45, 2.75) is 13.0 Å². The summed E-state index contributed by atoms with van der Waals surface area (Å²) in [6.45, 7) is 3.01. The first-order chi connectivity index (χ1) is 7.13. The van der Waals surface area contributed by atoms with Gasteiger partial charge < -0.3 is 16.0 Å². The minimum atomic E-state index is -0.513. The molecule has 1 aliphatic heterocycles. The van der Waals surface area contributed by atoms with Gasteiger partial charge in [0.2, 0.25) is 5.91 Å². The molecule has 4 nitrogen and oxygen atoms in total. The largest absolute Gasteiger partial charge is 0.375 e. The maximum absolute atomic E-state index is 11.3. The molecule has 2 rings (SSSR count). The molecular formula is C11H15N3O. The molecule has 0 saturated carbocycles. The van der Waals surface area contributed by atoms with Gasteiger partial charge in [0, 0.05) is 30.5 Å². The topological polar surface area (TPSA) is 58.4 Å². The zero-order valence-corrected chi connectivity index (χ0v) is 8.95. The van der Waals surface area contributed by atoms with Crippen molar-refractivity contribution < 1.29 is 4.79 Å². The Kier molecular flexibility index (Phi) is 2.36. The van der Waals surface area contributed by atoms with E-state index in [0.717, 1.165) is 23.5 Å². The Labute approximate surface area is 89.1 Å². The van der Waals surface area contributed by atoms with E-state index < -0.39 is 6.04 Å². The maximum Gasteiger partial charge on any atom is 0.245 e. The summed E-state index contributed by atoms with van der Waals surface area (Å²) in [5.41, 5.74) is 8.53. The van der Waals surface area contributed by atoms with Crippen LogP contribution in [0.1, 0.15) is 18.5 Å². The molecule has 4 heteroatoms. The number of benzene rings is 1. The number of nitrogens with two attached hydrogens (primary N) is 1. The lowest BCUT2D eigenvalue weighted by Crippen LogP contribution is -2.19. The van der Waals surface area contributed by atoms with Gasteiger partial charge in [0.1, 0.15) is 6.04 Å². The molecule has 1 amide bonds. The summed E-state index contributed by atoms with van der Waals surface area (Å²) in [5, 5.41) is 2.78. The van der Waals surface area contributed by atoms with E-state index >= 15 is 0 Å².